The van der Waals surface area contributed by atoms with Gasteiger partial charge in [-0.1, -0.05) is 19.1 Å². The monoisotopic (exact) mass is 221 g/mol. The lowest BCUT2D eigenvalue weighted by molar-refractivity contribution is 0.291. The second-order valence-electron chi connectivity index (χ2n) is 4.83. The van der Waals surface area contributed by atoms with Crippen LogP contribution >= 0.6 is 0 Å². The molecule has 0 radical (unpaired) electrons. The Bertz CT molecular complexity index is 356. The molecule has 1 aromatic carbocycles. The van der Waals surface area contributed by atoms with Crippen LogP contribution in [0, 0.1) is 12.7 Å². The molecule has 1 N–H and O–H groups in total. The summed E-state index contributed by atoms with van der Waals surface area (Å²) in [5.74, 6) is 0.493. The first-order valence-corrected chi connectivity index (χ1v) is 6.20. The minimum absolute atomic E-state index is 0.0672. The number of hydrogen-bond acceptors (Lipinski definition) is 1. The summed E-state index contributed by atoms with van der Waals surface area (Å²) in [7, 11) is 0. The van der Waals surface area contributed by atoms with E-state index in [4.69, 9.17) is 0 Å². The van der Waals surface area contributed by atoms with Crippen LogP contribution < -0.4 is 5.32 Å². The van der Waals surface area contributed by atoms with Gasteiger partial charge in [-0.25, -0.2) is 4.39 Å². The molecule has 0 aliphatic heterocycles. The molecule has 0 unspecified atom stereocenters. The van der Waals surface area contributed by atoms with Gasteiger partial charge in [0, 0.05) is 6.04 Å². The molecule has 1 saturated carbocycles. The highest BCUT2D eigenvalue weighted by molar-refractivity contribution is 5.28. The van der Waals surface area contributed by atoms with Crippen molar-refractivity contribution in [1.29, 1.82) is 0 Å². The van der Waals surface area contributed by atoms with Crippen LogP contribution in [0.2, 0.25) is 0 Å². The Kier molecular flexibility index (Phi) is 3.59. The molecule has 88 valence electrons. The van der Waals surface area contributed by atoms with E-state index in [1.165, 1.54) is 6.42 Å². The van der Waals surface area contributed by atoms with E-state index in [0.717, 1.165) is 30.5 Å². The van der Waals surface area contributed by atoms with Crippen molar-refractivity contribution < 1.29 is 4.39 Å². The average molecular weight is 221 g/mol. The molecule has 2 rings (SSSR count). The standard InChI is InChI=1S/C14H20FN/c1-3-6-16-13-7-12(8-13)11-5-4-10(2)14(15)9-11/h4-5,9,12-13,16H,3,6-8H2,1-2H3. The fourth-order valence-electron chi connectivity index (χ4n) is 2.27. The Morgan fingerprint density at radius 3 is 2.75 bits per heavy atom. The second kappa shape index (κ2) is 4.96. The molecule has 16 heavy (non-hydrogen) atoms. The molecule has 0 spiro atoms. The molecule has 2 heteroatoms. The Hall–Kier alpha value is -0.890. The molecule has 1 aromatic rings. The summed E-state index contributed by atoms with van der Waals surface area (Å²) in [6, 6.07) is 6.31. The predicted octanol–water partition coefficient (Wildman–Crippen LogP) is 3.38. The van der Waals surface area contributed by atoms with Crippen molar-refractivity contribution in [3.05, 3.63) is 35.1 Å². The van der Waals surface area contributed by atoms with Gasteiger partial charge in [-0.05, 0) is 55.8 Å². The Balaban J connectivity index is 1.89. The SMILES string of the molecule is CCCNC1CC(c2ccc(C)c(F)c2)C1. The normalized spacial score (nSPS) is 24.2. The number of halogens is 1. The van der Waals surface area contributed by atoms with Gasteiger partial charge in [0.15, 0.2) is 0 Å². The van der Waals surface area contributed by atoms with Gasteiger partial charge < -0.3 is 5.32 Å². The van der Waals surface area contributed by atoms with Crippen molar-refractivity contribution in [3.63, 3.8) is 0 Å². The van der Waals surface area contributed by atoms with E-state index < -0.39 is 0 Å². The maximum Gasteiger partial charge on any atom is 0.126 e. The zero-order chi connectivity index (χ0) is 11.5. The molecule has 0 saturated heterocycles. The number of aryl methyl sites for hydroxylation is 1. The van der Waals surface area contributed by atoms with Crippen molar-refractivity contribution in [2.45, 2.75) is 45.1 Å². The van der Waals surface area contributed by atoms with E-state index in [9.17, 15) is 4.39 Å². The van der Waals surface area contributed by atoms with Crippen molar-refractivity contribution >= 4 is 0 Å². The lowest BCUT2D eigenvalue weighted by Gasteiger charge is -2.36. The van der Waals surface area contributed by atoms with E-state index in [1.54, 1.807) is 6.07 Å². The third kappa shape index (κ3) is 2.43. The molecule has 1 nitrogen and oxygen atoms in total. The molecule has 0 bridgehead atoms. The van der Waals surface area contributed by atoms with E-state index in [0.29, 0.717) is 12.0 Å². The number of benzene rings is 1. The third-order valence-electron chi connectivity index (χ3n) is 3.49. The van der Waals surface area contributed by atoms with Crippen molar-refractivity contribution in [3.8, 4) is 0 Å². The summed E-state index contributed by atoms with van der Waals surface area (Å²) in [5, 5.41) is 3.50. The second-order valence-corrected chi connectivity index (χ2v) is 4.83. The highest BCUT2D eigenvalue weighted by Crippen LogP contribution is 2.37. The first kappa shape index (κ1) is 11.6. The fourth-order valence-corrected chi connectivity index (χ4v) is 2.27. The lowest BCUT2D eigenvalue weighted by Crippen LogP contribution is -2.40. The number of nitrogens with one attached hydrogen (secondary N) is 1. The topological polar surface area (TPSA) is 12.0 Å². The van der Waals surface area contributed by atoms with Crippen LogP contribution in [0.4, 0.5) is 4.39 Å². The summed E-state index contributed by atoms with van der Waals surface area (Å²) < 4.78 is 13.4. The Labute approximate surface area is 97.1 Å². The minimum atomic E-state index is -0.0672. The van der Waals surface area contributed by atoms with Gasteiger partial charge in [-0.2, -0.15) is 0 Å². The van der Waals surface area contributed by atoms with E-state index in [2.05, 4.69) is 18.3 Å². The molecule has 0 amide bonds. The Morgan fingerprint density at radius 2 is 2.12 bits per heavy atom. The van der Waals surface area contributed by atoms with Crippen LogP contribution in [-0.4, -0.2) is 12.6 Å². The largest absolute Gasteiger partial charge is 0.314 e. The van der Waals surface area contributed by atoms with E-state index in [-0.39, 0.29) is 5.82 Å². The minimum Gasteiger partial charge on any atom is -0.314 e. The number of hydrogen-bond donors (Lipinski definition) is 1. The highest BCUT2D eigenvalue weighted by atomic mass is 19.1. The summed E-state index contributed by atoms with van der Waals surface area (Å²) in [6.07, 6.45) is 3.49. The predicted molar refractivity (Wildman–Crippen MR) is 65.2 cm³/mol. The van der Waals surface area contributed by atoms with Gasteiger partial charge in [0.1, 0.15) is 5.82 Å². The van der Waals surface area contributed by atoms with E-state index in [1.807, 2.05) is 13.0 Å². The molecule has 0 heterocycles. The van der Waals surface area contributed by atoms with Crippen LogP contribution in [0.5, 0.6) is 0 Å². The van der Waals surface area contributed by atoms with Gasteiger partial charge in [-0.15, -0.1) is 0 Å². The molecule has 1 fully saturated rings. The molecule has 0 atom stereocenters. The maximum atomic E-state index is 13.4. The van der Waals surface area contributed by atoms with Crippen molar-refractivity contribution in [2.24, 2.45) is 0 Å². The van der Waals surface area contributed by atoms with Crippen LogP contribution in [0.25, 0.3) is 0 Å². The van der Waals surface area contributed by atoms with Gasteiger partial charge in [0.2, 0.25) is 0 Å². The van der Waals surface area contributed by atoms with Gasteiger partial charge in [0.25, 0.3) is 0 Å². The summed E-state index contributed by atoms with van der Waals surface area (Å²) >= 11 is 0. The Morgan fingerprint density at radius 1 is 1.38 bits per heavy atom. The molecular formula is C14H20FN. The summed E-state index contributed by atoms with van der Waals surface area (Å²) in [4.78, 5) is 0. The molecule has 0 aromatic heterocycles. The maximum absolute atomic E-state index is 13.4. The summed E-state index contributed by atoms with van der Waals surface area (Å²) in [6.45, 7) is 5.09. The third-order valence-corrected chi connectivity index (χ3v) is 3.49. The van der Waals surface area contributed by atoms with Crippen molar-refractivity contribution in [1.82, 2.24) is 5.32 Å². The van der Waals surface area contributed by atoms with Gasteiger partial charge >= 0.3 is 0 Å². The molecule has 1 aliphatic rings. The lowest BCUT2D eigenvalue weighted by atomic mass is 9.75. The quantitative estimate of drug-likeness (QED) is 0.822. The number of rotatable bonds is 4. The van der Waals surface area contributed by atoms with Crippen LogP contribution in [-0.2, 0) is 0 Å². The van der Waals surface area contributed by atoms with E-state index >= 15 is 0 Å². The average Bonchev–Trinajstić information content (AvgIpc) is 2.21. The van der Waals surface area contributed by atoms with Gasteiger partial charge in [-0.3, -0.25) is 0 Å². The zero-order valence-electron chi connectivity index (χ0n) is 10.1. The molecular weight excluding hydrogens is 201 g/mol. The first-order valence-electron chi connectivity index (χ1n) is 6.20. The van der Waals surface area contributed by atoms with Gasteiger partial charge in [0.05, 0.1) is 0 Å². The van der Waals surface area contributed by atoms with Crippen LogP contribution in [0.3, 0.4) is 0 Å². The smallest absolute Gasteiger partial charge is 0.126 e. The van der Waals surface area contributed by atoms with Crippen LogP contribution in [0.15, 0.2) is 18.2 Å². The summed E-state index contributed by atoms with van der Waals surface area (Å²) in [5.41, 5.74) is 1.90. The first-order chi connectivity index (χ1) is 7.70. The zero-order valence-corrected chi connectivity index (χ0v) is 10.1. The fraction of sp³-hybridized carbons (Fsp3) is 0.571. The highest BCUT2D eigenvalue weighted by Gasteiger charge is 2.29. The molecule has 1 aliphatic carbocycles. The van der Waals surface area contributed by atoms with Crippen LogP contribution in [0.1, 0.15) is 43.2 Å². The van der Waals surface area contributed by atoms with Crippen molar-refractivity contribution in [2.75, 3.05) is 6.54 Å².